The number of piperazine rings is 1. The molecule has 0 unspecified atom stereocenters. The number of aliphatic hydroxyl groups excluding tert-OH is 1. The van der Waals surface area contributed by atoms with Crippen molar-refractivity contribution in [3.05, 3.63) is 53.5 Å². The summed E-state index contributed by atoms with van der Waals surface area (Å²) in [7, 11) is 1.50. The summed E-state index contributed by atoms with van der Waals surface area (Å²) in [4.78, 5) is 20.2. The van der Waals surface area contributed by atoms with Gasteiger partial charge in [-0.15, -0.1) is 0 Å². The molecule has 0 saturated carbocycles. The molecule has 0 aliphatic carbocycles. The smallest absolute Gasteiger partial charge is 0.252 e. The van der Waals surface area contributed by atoms with Gasteiger partial charge < -0.3 is 20.5 Å². The number of aromatic nitrogens is 1. The molecule has 28 heavy (non-hydrogen) atoms. The first-order valence-electron chi connectivity index (χ1n) is 9.20. The summed E-state index contributed by atoms with van der Waals surface area (Å²) in [6.07, 6.45) is 2.16. The minimum Gasteiger partial charge on any atom is -0.497 e. The summed E-state index contributed by atoms with van der Waals surface area (Å²) in [6.45, 7) is 2.28. The Kier molecular flexibility index (Phi) is 6.43. The standard InChI is InChI=1S/C20H25FN4O3/c1-28-16-5-4-14(18(21)11-16)12-24-8-9-25(13-15(24)6-10-26)20-17(19(22)27)3-2-7-23-20/h2-5,7,11,15,26H,6,8-10,12-13H2,1H3,(H2,22,27)/t15-/m0/s1. The number of benzene rings is 1. The molecule has 1 fully saturated rings. The second kappa shape index (κ2) is 8.99. The molecule has 8 heteroatoms. The zero-order valence-electron chi connectivity index (χ0n) is 15.8. The minimum atomic E-state index is -0.524. The quantitative estimate of drug-likeness (QED) is 0.745. The average molecular weight is 388 g/mol. The van der Waals surface area contributed by atoms with E-state index in [2.05, 4.69) is 9.88 Å². The normalized spacial score (nSPS) is 17.5. The fraction of sp³-hybridized carbons (Fsp3) is 0.400. The maximum atomic E-state index is 14.4. The molecule has 150 valence electrons. The number of rotatable bonds is 7. The van der Waals surface area contributed by atoms with Gasteiger partial charge in [-0.25, -0.2) is 9.37 Å². The molecule has 1 aliphatic rings. The highest BCUT2D eigenvalue weighted by molar-refractivity contribution is 5.97. The van der Waals surface area contributed by atoms with Crippen molar-refractivity contribution in [1.29, 1.82) is 0 Å². The van der Waals surface area contributed by atoms with E-state index in [0.717, 1.165) is 0 Å². The number of carbonyl (C=O) groups excluding carboxylic acids is 1. The second-order valence-corrected chi connectivity index (χ2v) is 6.78. The molecule has 2 aromatic rings. The third kappa shape index (κ3) is 4.40. The van der Waals surface area contributed by atoms with E-state index in [4.69, 9.17) is 10.5 Å². The molecule has 2 heterocycles. The molecule has 1 saturated heterocycles. The van der Waals surface area contributed by atoms with Gasteiger partial charge in [0.25, 0.3) is 5.91 Å². The molecule has 0 bridgehead atoms. The molecule has 1 amide bonds. The van der Waals surface area contributed by atoms with Crippen LogP contribution in [0.3, 0.4) is 0 Å². The lowest BCUT2D eigenvalue weighted by molar-refractivity contribution is 0.0999. The first-order chi connectivity index (χ1) is 13.5. The van der Waals surface area contributed by atoms with Gasteiger partial charge >= 0.3 is 0 Å². The minimum absolute atomic E-state index is 0.0111. The molecule has 0 spiro atoms. The van der Waals surface area contributed by atoms with Crippen LogP contribution in [0.2, 0.25) is 0 Å². The van der Waals surface area contributed by atoms with Crippen LogP contribution in [0.4, 0.5) is 10.2 Å². The van der Waals surface area contributed by atoms with E-state index in [1.165, 1.54) is 13.2 Å². The number of amides is 1. The van der Waals surface area contributed by atoms with Crippen LogP contribution in [0.1, 0.15) is 22.3 Å². The van der Waals surface area contributed by atoms with Crippen molar-refractivity contribution in [3.63, 3.8) is 0 Å². The summed E-state index contributed by atoms with van der Waals surface area (Å²) in [6, 6.07) is 8.16. The van der Waals surface area contributed by atoms with Crippen LogP contribution < -0.4 is 15.4 Å². The Bertz CT molecular complexity index is 833. The summed E-state index contributed by atoms with van der Waals surface area (Å²) < 4.78 is 19.4. The van der Waals surface area contributed by atoms with Crippen molar-refractivity contribution in [3.8, 4) is 5.75 Å². The number of pyridine rings is 1. The summed E-state index contributed by atoms with van der Waals surface area (Å²) in [5.74, 6) is 0.190. The van der Waals surface area contributed by atoms with E-state index in [1.807, 2.05) is 4.90 Å². The summed E-state index contributed by atoms with van der Waals surface area (Å²) >= 11 is 0. The van der Waals surface area contributed by atoms with Crippen LogP contribution in [-0.4, -0.2) is 60.3 Å². The van der Waals surface area contributed by atoms with Crippen molar-refractivity contribution in [2.45, 2.75) is 19.0 Å². The number of aliphatic hydroxyl groups is 1. The number of hydrogen-bond acceptors (Lipinski definition) is 6. The zero-order valence-corrected chi connectivity index (χ0v) is 15.8. The molecular weight excluding hydrogens is 363 g/mol. The largest absolute Gasteiger partial charge is 0.497 e. The van der Waals surface area contributed by atoms with E-state index in [1.54, 1.807) is 30.5 Å². The predicted molar refractivity (Wildman–Crippen MR) is 104 cm³/mol. The Morgan fingerprint density at radius 3 is 2.89 bits per heavy atom. The molecule has 1 aromatic heterocycles. The van der Waals surface area contributed by atoms with E-state index in [0.29, 0.717) is 55.3 Å². The molecule has 7 nitrogen and oxygen atoms in total. The average Bonchev–Trinajstić information content (AvgIpc) is 2.70. The van der Waals surface area contributed by atoms with Crippen molar-refractivity contribution < 1.29 is 19.0 Å². The van der Waals surface area contributed by atoms with Crippen LogP contribution in [0.5, 0.6) is 5.75 Å². The number of primary amides is 1. The van der Waals surface area contributed by atoms with E-state index < -0.39 is 5.91 Å². The molecule has 0 radical (unpaired) electrons. The number of halogens is 1. The summed E-state index contributed by atoms with van der Waals surface area (Å²) in [5.41, 5.74) is 6.43. The molecule has 3 N–H and O–H groups in total. The topological polar surface area (TPSA) is 91.9 Å². The van der Waals surface area contributed by atoms with Gasteiger partial charge in [0.15, 0.2) is 0 Å². The number of ether oxygens (including phenoxy) is 1. The SMILES string of the molecule is COc1ccc(CN2CCN(c3ncccc3C(N)=O)C[C@@H]2CCO)c(F)c1. The number of methoxy groups -OCH3 is 1. The maximum Gasteiger partial charge on any atom is 0.252 e. The van der Waals surface area contributed by atoms with Crippen LogP contribution in [-0.2, 0) is 6.54 Å². The van der Waals surface area contributed by atoms with Gasteiger partial charge in [0.1, 0.15) is 17.4 Å². The number of nitrogens with zero attached hydrogens (tertiary/aromatic N) is 3. The Hall–Kier alpha value is -2.71. The van der Waals surface area contributed by atoms with Gasteiger partial charge in [-0.2, -0.15) is 0 Å². The zero-order chi connectivity index (χ0) is 20.1. The van der Waals surface area contributed by atoms with Gasteiger partial charge in [0.05, 0.1) is 12.7 Å². The molecular formula is C20H25FN4O3. The van der Waals surface area contributed by atoms with Gasteiger partial charge in [-0.1, -0.05) is 6.07 Å². The third-order valence-electron chi connectivity index (χ3n) is 5.05. The second-order valence-electron chi connectivity index (χ2n) is 6.78. The fourth-order valence-corrected chi connectivity index (χ4v) is 3.56. The Morgan fingerprint density at radius 2 is 2.21 bits per heavy atom. The number of hydrogen-bond donors (Lipinski definition) is 2. The Balaban J connectivity index is 1.77. The number of nitrogens with two attached hydrogens (primary N) is 1. The van der Waals surface area contributed by atoms with Crippen LogP contribution in [0.25, 0.3) is 0 Å². The third-order valence-corrected chi connectivity index (χ3v) is 5.05. The Labute approximate surface area is 163 Å². The molecule has 1 aromatic carbocycles. The van der Waals surface area contributed by atoms with Crippen LogP contribution >= 0.6 is 0 Å². The van der Waals surface area contributed by atoms with Gasteiger partial charge in [-0.3, -0.25) is 9.69 Å². The molecule has 3 rings (SSSR count). The maximum absolute atomic E-state index is 14.4. The molecule has 1 aliphatic heterocycles. The highest BCUT2D eigenvalue weighted by atomic mass is 19.1. The van der Waals surface area contributed by atoms with Crippen molar-refractivity contribution in [2.75, 3.05) is 38.3 Å². The van der Waals surface area contributed by atoms with Crippen LogP contribution in [0.15, 0.2) is 36.5 Å². The van der Waals surface area contributed by atoms with E-state index in [-0.39, 0.29) is 18.5 Å². The molecule has 1 atom stereocenters. The van der Waals surface area contributed by atoms with Crippen molar-refractivity contribution in [1.82, 2.24) is 9.88 Å². The summed E-state index contributed by atoms with van der Waals surface area (Å²) in [5, 5.41) is 9.50. The number of anilines is 1. The lowest BCUT2D eigenvalue weighted by Gasteiger charge is -2.42. The van der Waals surface area contributed by atoms with Gasteiger partial charge in [0, 0.05) is 56.7 Å². The first kappa shape index (κ1) is 20.0. The van der Waals surface area contributed by atoms with E-state index >= 15 is 0 Å². The first-order valence-corrected chi connectivity index (χ1v) is 9.20. The van der Waals surface area contributed by atoms with Gasteiger partial charge in [-0.05, 0) is 24.6 Å². The predicted octanol–water partition coefficient (Wildman–Crippen LogP) is 1.40. The van der Waals surface area contributed by atoms with Gasteiger partial charge in [0.2, 0.25) is 0 Å². The number of carbonyl (C=O) groups is 1. The fourth-order valence-electron chi connectivity index (χ4n) is 3.56. The van der Waals surface area contributed by atoms with E-state index in [9.17, 15) is 14.3 Å². The van der Waals surface area contributed by atoms with Crippen LogP contribution in [0, 0.1) is 5.82 Å². The lowest BCUT2D eigenvalue weighted by Crippen LogP contribution is -2.53. The Morgan fingerprint density at radius 1 is 1.39 bits per heavy atom. The monoisotopic (exact) mass is 388 g/mol. The lowest BCUT2D eigenvalue weighted by atomic mass is 10.1. The highest BCUT2D eigenvalue weighted by Crippen LogP contribution is 2.25. The highest BCUT2D eigenvalue weighted by Gasteiger charge is 2.29. The van der Waals surface area contributed by atoms with Crippen molar-refractivity contribution >= 4 is 11.7 Å². The van der Waals surface area contributed by atoms with Crippen molar-refractivity contribution in [2.24, 2.45) is 5.73 Å².